The molecule has 0 bridgehead atoms. The first-order valence-electron chi connectivity index (χ1n) is 5.76. The van der Waals surface area contributed by atoms with Crippen molar-refractivity contribution in [2.45, 2.75) is 25.0 Å². The summed E-state index contributed by atoms with van der Waals surface area (Å²) in [6, 6.07) is 7.54. The molecule has 0 radical (unpaired) electrons. The van der Waals surface area contributed by atoms with Crippen LogP contribution in [0.3, 0.4) is 0 Å². The lowest BCUT2D eigenvalue weighted by Crippen LogP contribution is -2.34. The number of carbonyl (C=O) groups is 1. The van der Waals surface area contributed by atoms with Crippen molar-refractivity contribution in [3.63, 3.8) is 0 Å². The number of rotatable bonds is 4. The number of hydrogen-bond donors (Lipinski definition) is 2. The molecule has 0 spiro atoms. The predicted octanol–water partition coefficient (Wildman–Crippen LogP) is 1.78. The normalized spacial score (nSPS) is 22.5. The number of halogens is 1. The van der Waals surface area contributed by atoms with Crippen molar-refractivity contribution < 1.29 is 14.6 Å². The fourth-order valence-corrected chi connectivity index (χ4v) is 2.35. The molecule has 1 fully saturated rings. The molecule has 0 aromatic heterocycles. The Kier molecular flexibility index (Phi) is 5.59. The largest absolute Gasteiger partial charge is 0.480 e. The standard InChI is InChI=1S/C13H17NO3.ClH/c1-17-8-9-2-4-10(5-3-9)11-6-7-14-12(11)13(15)16;/h2-5,11-12,14H,6-8H2,1H3,(H,15,16);1H. The van der Waals surface area contributed by atoms with E-state index in [-0.39, 0.29) is 18.3 Å². The van der Waals surface area contributed by atoms with Gasteiger partial charge in [0, 0.05) is 13.0 Å². The molecule has 100 valence electrons. The molecule has 2 rings (SSSR count). The molecule has 2 unspecified atom stereocenters. The van der Waals surface area contributed by atoms with Gasteiger partial charge >= 0.3 is 5.97 Å². The number of aliphatic carboxylic acids is 1. The van der Waals surface area contributed by atoms with E-state index in [1.807, 2.05) is 24.3 Å². The molecule has 4 nitrogen and oxygen atoms in total. The van der Waals surface area contributed by atoms with E-state index in [9.17, 15) is 4.79 Å². The van der Waals surface area contributed by atoms with Gasteiger partial charge in [0.2, 0.25) is 0 Å². The lowest BCUT2D eigenvalue weighted by Gasteiger charge is -2.16. The van der Waals surface area contributed by atoms with E-state index in [4.69, 9.17) is 9.84 Å². The average Bonchev–Trinajstić information content (AvgIpc) is 2.79. The second kappa shape index (κ2) is 6.73. The number of nitrogens with one attached hydrogen (secondary N) is 1. The van der Waals surface area contributed by atoms with Gasteiger partial charge in [-0.25, -0.2) is 0 Å². The maximum absolute atomic E-state index is 11.1. The highest BCUT2D eigenvalue weighted by Gasteiger charge is 2.33. The first-order valence-corrected chi connectivity index (χ1v) is 5.76. The molecule has 5 heteroatoms. The summed E-state index contributed by atoms with van der Waals surface area (Å²) in [4.78, 5) is 11.1. The van der Waals surface area contributed by atoms with Crippen LogP contribution in [0.1, 0.15) is 23.5 Å². The van der Waals surface area contributed by atoms with E-state index in [0.717, 1.165) is 24.1 Å². The smallest absolute Gasteiger partial charge is 0.321 e. The Bertz CT molecular complexity index is 394. The SMILES string of the molecule is COCc1ccc(C2CCNC2C(=O)O)cc1.Cl. The van der Waals surface area contributed by atoms with E-state index in [0.29, 0.717) is 6.61 Å². The molecule has 2 atom stereocenters. The van der Waals surface area contributed by atoms with Crippen LogP contribution in [-0.4, -0.2) is 30.8 Å². The first kappa shape index (κ1) is 15.0. The number of ether oxygens (including phenoxy) is 1. The van der Waals surface area contributed by atoms with Gasteiger partial charge in [-0.2, -0.15) is 0 Å². The molecule has 0 amide bonds. The molecular formula is C13H18ClNO3. The van der Waals surface area contributed by atoms with Crippen molar-refractivity contribution in [2.24, 2.45) is 0 Å². The zero-order valence-electron chi connectivity index (χ0n) is 10.3. The lowest BCUT2D eigenvalue weighted by atomic mass is 9.91. The number of methoxy groups -OCH3 is 1. The molecule has 18 heavy (non-hydrogen) atoms. The highest BCUT2D eigenvalue weighted by molar-refractivity contribution is 5.85. The van der Waals surface area contributed by atoms with Crippen molar-refractivity contribution >= 4 is 18.4 Å². The maximum atomic E-state index is 11.1. The van der Waals surface area contributed by atoms with Crippen LogP contribution in [-0.2, 0) is 16.1 Å². The van der Waals surface area contributed by atoms with E-state index >= 15 is 0 Å². The maximum Gasteiger partial charge on any atom is 0.321 e. The van der Waals surface area contributed by atoms with Crippen LogP contribution in [0.2, 0.25) is 0 Å². The molecule has 0 saturated carbocycles. The van der Waals surface area contributed by atoms with Gasteiger partial charge in [0.15, 0.2) is 0 Å². The van der Waals surface area contributed by atoms with Gasteiger partial charge in [-0.3, -0.25) is 4.79 Å². The highest BCUT2D eigenvalue weighted by atomic mass is 35.5. The molecule has 1 saturated heterocycles. The minimum atomic E-state index is -0.770. The van der Waals surface area contributed by atoms with E-state index in [1.54, 1.807) is 7.11 Å². The van der Waals surface area contributed by atoms with Crippen LogP contribution in [0.25, 0.3) is 0 Å². The fourth-order valence-electron chi connectivity index (χ4n) is 2.35. The Morgan fingerprint density at radius 3 is 2.67 bits per heavy atom. The topological polar surface area (TPSA) is 58.6 Å². The molecule has 1 aromatic rings. The van der Waals surface area contributed by atoms with Crippen molar-refractivity contribution in [1.29, 1.82) is 0 Å². The van der Waals surface area contributed by atoms with Gasteiger partial charge in [0.05, 0.1) is 6.61 Å². The monoisotopic (exact) mass is 271 g/mol. The van der Waals surface area contributed by atoms with Crippen molar-refractivity contribution in [3.8, 4) is 0 Å². The first-order chi connectivity index (χ1) is 8.22. The fraction of sp³-hybridized carbons (Fsp3) is 0.462. The van der Waals surface area contributed by atoms with Crippen LogP contribution in [0.15, 0.2) is 24.3 Å². The molecule has 1 aliphatic rings. The average molecular weight is 272 g/mol. The van der Waals surface area contributed by atoms with E-state index < -0.39 is 12.0 Å². The predicted molar refractivity (Wildman–Crippen MR) is 71.2 cm³/mol. The zero-order valence-corrected chi connectivity index (χ0v) is 11.1. The van der Waals surface area contributed by atoms with E-state index in [1.165, 1.54) is 0 Å². The van der Waals surface area contributed by atoms with Gasteiger partial charge in [-0.05, 0) is 24.1 Å². The minimum absolute atomic E-state index is 0. The molecule has 1 aromatic carbocycles. The molecule has 1 heterocycles. The Balaban J connectivity index is 0.00000162. The van der Waals surface area contributed by atoms with Gasteiger partial charge in [-0.1, -0.05) is 24.3 Å². The van der Waals surface area contributed by atoms with Crippen LogP contribution < -0.4 is 5.32 Å². The molecule has 2 N–H and O–H groups in total. The van der Waals surface area contributed by atoms with Crippen molar-refractivity contribution in [1.82, 2.24) is 5.32 Å². The number of carboxylic acid groups (broad SMARTS) is 1. The molecule has 1 aliphatic heterocycles. The van der Waals surface area contributed by atoms with Gasteiger partial charge in [-0.15, -0.1) is 12.4 Å². The summed E-state index contributed by atoms with van der Waals surface area (Å²) in [6.45, 7) is 1.35. The highest BCUT2D eigenvalue weighted by Crippen LogP contribution is 2.28. The quantitative estimate of drug-likeness (QED) is 0.877. The van der Waals surface area contributed by atoms with Crippen LogP contribution in [0, 0.1) is 0 Å². The van der Waals surface area contributed by atoms with Gasteiger partial charge in [0.1, 0.15) is 6.04 Å². The number of benzene rings is 1. The third-order valence-electron chi connectivity index (χ3n) is 3.21. The summed E-state index contributed by atoms with van der Waals surface area (Å²) in [6.07, 6.45) is 0.876. The number of hydrogen-bond acceptors (Lipinski definition) is 3. The second-order valence-electron chi connectivity index (χ2n) is 4.34. The second-order valence-corrected chi connectivity index (χ2v) is 4.34. The lowest BCUT2D eigenvalue weighted by molar-refractivity contribution is -0.139. The summed E-state index contributed by atoms with van der Waals surface area (Å²) >= 11 is 0. The zero-order chi connectivity index (χ0) is 12.3. The number of carboxylic acids is 1. The third kappa shape index (κ3) is 3.22. The minimum Gasteiger partial charge on any atom is -0.480 e. The summed E-state index contributed by atoms with van der Waals surface area (Å²) < 4.78 is 5.05. The van der Waals surface area contributed by atoms with Crippen LogP contribution >= 0.6 is 12.4 Å². The Morgan fingerprint density at radius 2 is 2.11 bits per heavy atom. The van der Waals surface area contributed by atoms with Crippen molar-refractivity contribution in [3.05, 3.63) is 35.4 Å². The van der Waals surface area contributed by atoms with Crippen LogP contribution in [0.5, 0.6) is 0 Å². The molecular weight excluding hydrogens is 254 g/mol. The Hall–Kier alpha value is -1.10. The third-order valence-corrected chi connectivity index (χ3v) is 3.21. The van der Waals surface area contributed by atoms with E-state index in [2.05, 4.69) is 5.32 Å². The summed E-state index contributed by atoms with van der Waals surface area (Å²) in [5.41, 5.74) is 2.19. The van der Waals surface area contributed by atoms with Crippen molar-refractivity contribution in [2.75, 3.05) is 13.7 Å². The summed E-state index contributed by atoms with van der Waals surface area (Å²) in [5.74, 6) is -0.697. The summed E-state index contributed by atoms with van der Waals surface area (Å²) in [7, 11) is 1.66. The van der Waals surface area contributed by atoms with Gasteiger partial charge < -0.3 is 15.2 Å². The summed E-state index contributed by atoms with van der Waals surface area (Å²) in [5, 5.41) is 12.1. The van der Waals surface area contributed by atoms with Gasteiger partial charge in [0.25, 0.3) is 0 Å². The Morgan fingerprint density at radius 1 is 1.44 bits per heavy atom. The molecule has 0 aliphatic carbocycles. The van der Waals surface area contributed by atoms with Crippen LogP contribution in [0.4, 0.5) is 0 Å². The Labute approximate surface area is 113 Å².